The molecule has 0 aromatic rings. The number of rotatable bonds is 5. The van der Waals surface area contributed by atoms with E-state index < -0.39 is 88.8 Å². The van der Waals surface area contributed by atoms with Gasteiger partial charge in [0.25, 0.3) is 0 Å². The van der Waals surface area contributed by atoms with Crippen LogP contribution < -0.4 is 0 Å². The predicted octanol–water partition coefficient (Wildman–Crippen LogP) is -0.516. The van der Waals surface area contributed by atoms with E-state index in [4.69, 9.17) is 29.2 Å². The fourth-order valence-corrected chi connectivity index (χ4v) is 2.11. The molecule has 5 atom stereocenters. The summed E-state index contributed by atoms with van der Waals surface area (Å²) in [7, 11) is 0. The summed E-state index contributed by atoms with van der Waals surface area (Å²) >= 11 is 0. The van der Waals surface area contributed by atoms with Gasteiger partial charge in [-0.15, -0.1) is 12.4 Å². The van der Waals surface area contributed by atoms with Gasteiger partial charge >= 0.3 is 23.9 Å². The predicted molar refractivity (Wildman–Crippen MR) is 81.4 cm³/mol. The summed E-state index contributed by atoms with van der Waals surface area (Å²) in [6.07, 6.45) is -8.10. The summed E-state index contributed by atoms with van der Waals surface area (Å²) < 4.78 is 53.2. The lowest BCUT2D eigenvalue weighted by molar-refractivity contribution is -0.299. The Morgan fingerprint density at radius 1 is 0.840 bits per heavy atom. The van der Waals surface area contributed by atoms with Gasteiger partial charge in [-0.05, 0) is 0 Å². The van der Waals surface area contributed by atoms with Gasteiger partial charge < -0.3 is 28.8 Å². The fourth-order valence-electron chi connectivity index (χ4n) is 2.11. The van der Waals surface area contributed by atoms with Crippen LogP contribution >= 0.6 is 12.4 Å². The minimum atomic E-state index is -1.75. The first-order valence-corrected chi connectivity index (χ1v) is 6.52. The average Bonchev–Trinajstić information content (AvgIpc) is 2.70. The van der Waals surface area contributed by atoms with Crippen molar-refractivity contribution in [2.75, 3.05) is 6.61 Å². The third-order valence-electron chi connectivity index (χ3n) is 2.82. The zero-order chi connectivity index (χ0) is 21.3. The van der Waals surface area contributed by atoms with Gasteiger partial charge in [-0.1, -0.05) is 0 Å². The Labute approximate surface area is 155 Å². The van der Waals surface area contributed by atoms with Gasteiger partial charge in [0.05, 0.1) is 6.61 Å². The maximum atomic E-state index is 11.7. The summed E-state index contributed by atoms with van der Waals surface area (Å²) in [5, 5.41) is 9.52. The van der Waals surface area contributed by atoms with Crippen molar-refractivity contribution in [3.63, 3.8) is 0 Å². The Balaban J connectivity index is 0.00000784. The molecule has 0 amide bonds. The average molecular weight is 389 g/mol. The lowest BCUT2D eigenvalue weighted by atomic mass is 9.98. The smallest absolute Gasteiger partial charge is 0.305 e. The molecule has 144 valence electrons. The second kappa shape index (κ2) is 10.2. The number of halogens is 1. The third kappa shape index (κ3) is 6.85. The first-order valence-electron chi connectivity index (χ1n) is 9.35. The second-order valence-electron chi connectivity index (χ2n) is 4.58. The highest BCUT2D eigenvalue weighted by molar-refractivity contribution is 5.85. The molecule has 1 heterocycles. The molecule has 0 aromatic carbocycles. The van der Waals surface area contributed by atoms with Crippen LogP contribution in [-0.4, -0.2) is 66.3 Å². The Morgan fingerprint density at radius 3 is 1.76 bits per heavy atom. The van der Waals surface area contributed by atoms with E-state index in [-0.39, 0.29) is 12.4 Å². The van der Waals surface area contributed by atoms with Crippen molar-refractivity contribution >= 4 is 36.3 Å². The SMILES string of the molecule is Cl.[2H]CC(=O)OC1O[C@H](CO)[C@@H](OC(=O)C[2H])[C@H](OC(=O)C[2H])[C@H]1OC(=O)C[2H]. The van der Waals surface area contributed by atoms with E-state index in [0.717, 1.165) is 0 Å². The van der Waals surface area contributed by atoms with E-state index in [1.54, 1.807) is 0 Å². The first-order chi connectivity index (χ1) is 13.3. The van der Waals surface area contributed by atoms with Crippen molar-refractivity contribution in [3.05, 3.63) is 0 Å². The van der Waals surface area contributed by atoms with Gasteiger partial charge in [-0.25, -0.2) is 0 Å². The Bertz CT molecular complexity index is 581. The number of aliphatic hydroxyl groups excluding tert-OH is 1. The van der Waals surface area contributed by atoms with Crippen molar-refractivity contribution in [1.82, 2.24) is 0 Å². The largest absolute Gasteiger partial charge is 0.456 e. The zero-order valence-corrected chi connectivity index (χ0v) is 13.8. The lowest BCUT2D eigenvalue weighted by Gasteiger charge is -2.43. The van der Waals surface area contributed by atoms with Crippen LogP contribution in [0.25, 0.3) is 0 Å². The number of esters is 4. The van der Waals surface area contributed by atoms with Gasteiger partial charge in [0.15, 0.2) is 12.2 Å². The van der Waals surface area contributed by atoms with Crippen LogP contribution in [0.4, 0.5) is 0 Å². The van der Waals surface area contributed by atoms with Crippen molar-refractivity contribution in [3.8, 4) is 0 Å². The quantitative estimate of drug-likeness (QED) is 0.484. The molecule has 0 spiro atoms. The lowest BCUT2D eigenvalue weighted by Crippen LogP contribution is -2.62. The molecule has 1 aliphatic heterocycles. The summed E-state index contributed by atoms with van der Waals surface area (Å²) in [6, 6.07) is 0. The molecule has 1 saturated heterocycles. The van der Waals surface area contributed by atoms with Crippen molar-refractivity contribution in [2.45, 2.75) is 58.3 Å². The zero-order valence-electron chi connectivity index (χ0n) is 17.0. The Morgan fingerprint density at radius 2 is 1.28 bits per heavy atom. The molecule has 0 saturated carbocycles. The van der Waals surface area contributed by atoms with Crippen LogP contribution in [0.2, 0.25) is 0 Å². The number of carbonyl (C=O) groups excluding carboxylic acids is 4. The van der Waals surface area contributed by atoms with Crippen LogP contribution in [0.15, 0.2) is 0 Å². The van der Waals surface area contributed by atoms with Gasteiger partial charge in [0.2, 0.25) is 12.4 Å². The van der Waals surface area contributed by atoms with Crippen molar-refractivity contribution in [2.24, 2.45) is 0 Å². The monoisotopic (exact) mass is 388 g/mol. The number of ether oxygens (including phenoxy) is 5. The summed E-state index contributed by atoms with van der Waals surface area (Å²) in [4.78, 5) is 46.3. The molecular weight excluding hydrogens is 364 g/mol. The van der Waals surface area contributed by atoms with Crippen LogP contribution in [-0.2, 0) is 42.9 Å². The van der Waals surface area contributed by atoms with Crippen LogP contribution in [0.1, 0.15) is 33.1 Å². The number of hydrogen-bond donors (Lipinski definition) is 1. The van der Waals surface area contributed by atoms with Gasteiger partial charge in [-0.2, -0.15) is 0 Å². The molecule has 10 nitrogen and oxygen atoms in total. The second-order valence-corrected chi connectivity index (χ2v) is 4.58. The summed E-state index contributed by atoms with van der Waals surface area (Å²) in [5.74, 6) is -4.42. The molecule has 1 N–H and O–H groups in total. The van der Waals surface area contributed by atoms with Crippen LogP contribution in [0.5, 0.6) is 0 Å². The van der Waals surface area contributed by atoms with Gasteiger partial charge in [0.1, 0.15) is 6.10 Å². The van der Waals surface area contributed by atoms with E-state index in [1.807, 2.05) is 0 Å². The number of carbonyl (C=O) groups is 4. The molecular formula is C14H21ClO10. The van der Waals surface area contributed by atoms with Gasteiger partial charge in [-0.3, -0.25) is 19.2 Å². The number of aliphatic hydroxyl groups is 1. The van der Waals surface area contributed by atoms with Crippen molar-refractivity contribution in [1.29, 1.82) is 0 Å². The maximum Gasteiger partial charge on any atom is 0.305 e. The molecule has 1 fully saturated rings. The van der Waals surface area contributed by atoms with Gasteiger partial charge in [0, 0.05) is 33.1 Å². The van der Waals surface area contributed by atoms with E-state index in [1.165, 1.54) is 0 Å². The molecule has 0 aliphatic carbocycles. The van der Waals surface area contributed by atoms with E-state index in [0.29, 0.717) is 0 Å². The van der Waals surface area contributed by atoms with Crippen molar-refractivity contribution < 1.29 is 53.5 Å². The highest BCUT2D eigenvalue weighted by atomic mass is 35.5. The molecule has 0 bridgehead atoms. The normalized spacial score (nSPS) is 30.2. The maximum absolute atomic E-state index is 11.7. The van der Waals surface area contributed by atoms with E-state index in [2.05, 4.69) is 0 Å². The highest BCUT2D eigenvalue weighted by Gasteiger charge is 2.53. The Kier molecular flexibility index (Phi) is 6.73. The molecule has 1 aliphatic rings. The molecule has 11 heteroatoms. The fraction of sp³-hybridized carbons (Fsp3) is 0.714. The molecule has 0 aromatic heterocycles. The summed E-state index contributed by atoms with van der Waals surface area (Å²) in [5.41, 5.74) is 0. The molecule has 25 heavy (non-hydrogen) atoms. The minimum Gasteiger partial charge on any atom is -0.456 e. The van der Waals surface area contributed by atoms with E-state index in [9.17, 15) is 24.3 Å². The van der Waals surface area contributed by atoms with Crippen LogP contribution in [0.3, 0.4) is 0 Å². The molecule has 1 unspecified atom stereocenters. The van der Waals surface area contributed by atoms with E-state index >= 15 is 0 Å². The molecule has 1 rings (SSSR count). The highest BCUT2D eigenvalue weighted by Crippen LogP contribution is 2.29. The van der Waals surface area contributed by atoms with Crippen LogP contribution in [0, 0.1) is 0 Å². The third-order valence-corrected chi connectivity index (χ3v) is 2.82. The first kappa shape index (κ1) is 16.6. The number of hydrogen-bond acceptors (Lipinski definition) is 10. The molecule has 0 radical (unpaired) electrons. The standard InChI is InChI=1S/C14H20O10.ClH/c1-6(16)20-11-10(5-15)24-14(23-9(4)19)13(22-8(3)18)12(11)21-7(2)17;/h10-15H,5H2,1-4H3;1H/t10-,11-,12+,13-,14?;/m1./s1/i1D,2D,3D,4D;. The summed E-state index contributed by atoms with van der Waals surface area (Å²) in [6.45, 7) is -4.15. The topological polar surface area (TPSA) is 135 Å². The minimum absolute atomic E-state index is 0. The Hall–Kier alpha value is -1.91.